The summed E-state index contributed by atoms with van der Waals surface area (Å²) in [4.78, 5) is 25.8. The van der Waals surface area contributed by atoms with Gasteiger partial charge in [-0.2, -0.15) is 13.2 Å². The SMILES string of the molecule is COC(OC)c1cc(-n2c(=O)[nH]c(C(F)(F)F)c(N)c2=O)ccc1Cl. The van der Waals surface area contributed by atoms with Crippen LogP contribution in [0.4, 0.5) is 18.9 Å². The first-order chi connectivity index (χ1) is 11.6. The summed E-state index contributed by atoms with van der Waals surface area (Å²) in [6.07, 6.45) is -5.88. The number of halogens is 4. The highest BCUT2D eigenvalue weighted by molar-refractivity contribution is 6.31. The number of methoxy groups -OCH3 is 2. The molecule has 0 bridgehead atoms. The molecule has 0 spiro atoms. The number of benzene rings is 1. The minimum absolute atomic E-state index is 0.0508. The molecule has 0 radical (unpaired) electrons. The van der Waals surface area contributed by atoms with Gasteiger partial charge in [-0.15, -0.1) is 0 Å². The van der Waals surface area contributed by atoms with E-state index in [9.17, 15) is 22.8 Å². The van der Waals surface area contributed by atoms with Gasteiger partial charge in [0.1, 0.15) is 5.69 Å². The van der Waals surface area contributed by atoms with E-state index < -0.39 is 35.1 Å². The van der Waals surface area contributed by atoms with Crippen LogP contribution in [-0.2, 0) is 15.7 Å². The molecule has 1 heterocycles. The van der Waals surface area contributed by atoms with Crippen LogP contribution in [0.25, 0.3) is 5.69 Å². The number of nitrogens with two attached hydrogens (primary N) is 1. The molecular formula is C14H13ClF3N3O4. The van der Waals surface area contributed by atoms with Gasteiger partial charge >= 0.3 is 11.9 Å². The van der Waals surface area contributed by atoms with Crippen LogP contribution >= 0.6 is 11.6 Å². The number of H-pyrrole nitrogens is 1. The first kappa shape index (κ1) is 19.0. The van der Waals surface area contributed by atoms with E-state index in [0.29, 0.717) is 4.57 Å². The highest BCUT2D eigenvalue weighted by Crippen LogP contribution is 2.30. The van der Waals surface area contributed by atoms with Crippen LogP contribution in [0.15, 0.2) is 27.8 Å². The number of nitrogens with one attached hydrogen (secondary N) is 1. The van der Waals surface area contributed by atoms with Gasteiger partial charge in [0.15, 0.2) is 12.0 Å². The van der Waals surface area contributed by atoms with E-state index >= 15 is 0 Å². The third-order valence-corrected chi connectivity index (χ3v) is 3.69. The lowest BCUT2D eigenvalue weighted by Crippen LogP contribution is -2.38. The third-order valence-electron chi connectivity index (χ3n) is 3.34. The molecule has 2 rings (SSSR count). The van der Waals surface area contributed by atoms with Gasteiger partial charge in [0, 0.05) is 24.8 Å². The molecular weight excluding hydrogens is 367 g/mol. The monoisotopic (exact) mass is 379 g/mol. The van der Waals surface area contributed by atoms with Gasteiger partial charge in [0.05, 0.1) is 5.69 Å². The number of alkyl halides is 3. The average Bonchev–Trinajstić information content (AvgIpc) is 2.53. The number of aromatic amines is 1. The lowest BCUT2D eigenvalue weighted by Gasteiger charge is -2.17. The summed E-state index contributed by atoms with van der Waals surface area (Å²) in [6.45, 7) is 0. The second-order valence-electron chi connectivity index (χ2n) is 4.87. The van der Waals surface area contributed by atoms with Crippen molar-refractivity contribution in [3.63, 3.8) is 0 Å². The predicted octanol–water partition coefficient (Wildman–Crippen LogP) is 2.07. The van der Waals surface area contributed by atoms with E-state index in [0.717, 1.165) is 0 Å². The Morgan fingerprint density at radius 3 is 2.36 bits per heavy atom. The molecule has 0 unspecified atom stereocenters. The molecule has 136 valence electrons. The number of hydrogen-bond donors (Lipinski definition) is 2. The number of nitrogen functional groups attached to an aromatic ring is 1. The summed E-state index contributed by atoms with van der Waals surface area (Å²) >= 11 is 6.03. The summed E-state index contributed by atoms with van der Waals surface area (Å²) in [6, 6.07) is 3.90. The molecule has 3 N–H and O–H groups in total. The van der Waals surface area contributed by atoms with Gasteiger partial charge < -0.3 is 20.2 Å². The second-order valence-corrected chi connectivity index (χ2v) is 5.27. The van der Waals surface area contributed by atoms with Crippen molar-refractivity contribution >= 4 is 17.3 Å². The van der Waals surface area contributed by atoms with E-state index in [1.807, 2.05) is 0 Å². The maximum Gasteiger partial charge on any atom is 0.433 e. The number of aromatic nitrogens is 2. The van der Waals surface area contributed by atoms with Crippen molar-refractivity contribution in [2.45, 2.75) is 12.5 Å². The number of anilines is 1. The van der Waals surface area contributed by atoms with Gasteiger partial charge in [-0.1, -0.05) is 11.6 Å². The fraction of sp³-hybridized carbons (Fsp3) is 0.286. The van der Waals surface area contributed by atoms with Crippen LogP contribution in [0.2, 0.25) is 5.02 Å². The summed E-state index contributed by atoms with van der Waals surface area (Å²) in [5.41, 5.74) is 0.145. The van der Waals surface area contributed by atoms with Crippen LogP contribution in [0, 0.1) is 0 Å². The van der Waals surface area contributed by atoms with Crippen LogP contribution in [0.1, 0.15) is 17.5 Å². The van der Waals surface area contributed by atoms with E-state index in [1.165, 1.54) is 32.4 Å². The Bertz CT molecular complexity index is 904. The van der Waals surface area contributed by atoms with Gasteiger partial charge in [-0.25, -0.2) is 9.36 Å². The topological polar surface area (TPSA) is 99.3 Å². The Morgan fingerprint density at radius 2 is 1.84 bits per heavy atom. The Labute approximate surface area is 143 Å². The third kappa shape index (κ3) is 3.55. The van der Waals surface area contributed by atoms with E-state index in [-0.39, 0.29) is 16.3 Å². The zero-order valence-corrected chi connectivity index (χ0v) is 13.7. The number of rotatable bonds is 4. The van der Waals surface area contributed by atoms with Crippen molar-refractivity contribution in [2.24, 2.45) is 0 Å². The maximum atomic E-state index is 12.8. The molecule has 0 aliphatic rings. The molecule has 0 aliphatic heterocycles. The van der Waals surface area contributed by atoms with E-state index in [1.54, 1.807) is 4.98 Å². The first-order valence-electron chi connectivity index (χ1n) is 6.69. The molecule has 7 nitrogen and oxygen atoms in total. The smallest absolute Gasteiger partial charge is 0.393 e. The Kier molecular flexibility index (Phi) is 5.26. The lowest BCUT2D eigenvalue weighted by molar-refractivity contribution is -0.140. The molecule has 1 aromatic heterocycles. The molecule has 0 aliphatic carbocycles. The minimum atomic E-state index is -4.97. The molecule has 25 heavy (non-hydrogen) atoms. The highest BCUT2D eigenvalue weighted by Gasteiger charge is 2.36. The Balaban J connectivity index is 2.72. The van der Waals surface area contributed by atoms with Gasteiger partial charge in [-0.05, 0) is 18.2 Å². The number of nitrogens with zero attached hydrogens (tertiary/aromatic N) is 1. The molecule has 0 amide bonds. The van der Waals surface area contributed by atoms with Crippen molar-refractivity contribution in [1.29, 1.82) is 0 Å². The first-order valence-corrected chi connectivity index (χ1v) is 7.07. The zero-order chi connectivity index (χ0) is 18.9. The molecule has 1 aromatic carbocycles. The molecule has 0 saturated heterocycles. The quantitative estimate of drug-likeness (QED) is 0.792. The van der Waals surface area contributed by atoms with Gasteiger partial charge in [0.25, 0.3) is 5.56 Å². The lowest BCUT2D eigenvalue weighted by atomic mass is 10.2. The van der Waals surface area contributed by atoms with Crippen molar-refractivity contribution in [3.8, 4) is 5.69 Å². The summed E-state index contributed by atoms with van der Waals surface area (Å²) in [5.74, 6) is 0. The molecule has 0 fully saturated rings. The van der Waals surface area contributed by atoms with Crippen molar-refractivity contribution in [3.05, 3.63) is 55.3 Å². The second kappa shape index (κ2) is 6.90. The predicted molar refractivity (Wildman–Crippen MR) is 83.8 cm³/mol. The van der Waals surface area contributed by atoms with Crippen LogP contribution < -0.4 is 17.0 Å². The zero-order valence-electron chi connectivity index (χ0n) is 13.0. The van der Waals surface area contributed by atoms with Crippen molar-refractivity contribution < 1.29 is 22.6 Å². The molecule has 2 aromatic rings. The maximum absolute atomic E-state index is 12.8. The van der Waals surface area contributed by atoms with Gasteiger partial charge in [0.2, 0.25) is 0 Å². The molecule has 11 heteroatoms. The van der Waals surface area contributed by atoms with E-state index in [2.05, 4.69) is 0 Å². The summed E-state index contributed by atoms with van der Waals surface area (Å²) in [7, 11) is 2.68. The average molecular weight is 380 g/mol. The number of hydrogen-bond acceptors (Lipinski definition) is 5. The van der Waals surface area contributed by atoms with Crippen LogP contribution in [0.5, 0.6) is 0 Å². The summed E-state index contributed by atoms with van der Waals surface area (Å²) in [5, 5.41) is 0.210. The van der Waals surface area contributed by atoms with Crippen LogP contribution in [0.3, 0.4) is 0 Å². The van der Waals surface area contributed by atoms with Crippen LogP contribution in [-0.4, -0.2) is 23.8 Å². The van der Waals surface area contributed by atoms with Crippen molar-refractivity contribution in [1.82, 2.24) is 9.55 Å². The van der Waals surface area contributed by atoms with Crippen molar-refractivity contribution in [2.75, 3.05) is 20.0 Å². The normalized spacial score (nSPS) is 12.0. The Hall–Kier alpha value is -2.30. The Morgan fingerprint density at radius 1 is 1.24 bits per heavy atom. The fourth-order valence-electron chi connectivity index (χ4n) is 2.21. The molecule has 0 saturated carbocycles. The number of ether oxygens (including phenoxy) is 2. The minimum Gasteiger partial charge on any atom is -0.393 e. The fourth-order valence-corrected chi connectivity index (χ4v) is 2.42. The molecule has 0 atom stereocenters. The summed E-state index contributed by atoms with van der Waals surface area (Å²) < 4.78 is 49.0. The van der Waals surface area contributed by atoms with Gasteiger partial charge in [-0.3, -0.25) is 4.79 Å². The standard InChI is InChI=1S/C14H13ClF3N3O4/c1-24-12(25-2)7-5-6(3-4-8(7)15)21-11(22)9(19)10(14(16,17)18)20-13(21)23/h3-5,12H,19H2,1-2H3,(H,20,23). The van der Waals surface area contributed by atoms with E-state index in [4.69, 9.17) is 26.8 Å². The largest absolute Gasteiger partial charge is 0.433 e. The highest BCUT2D eigenvalue weighted by atomic mass is 35.5.